The summed E-state index contributed by atoms with van der Waals surface area (Å²) in [5, 5.41) is 2.95. The third-order valence-electron chi connectivity index (χ3n) is 6.12. The van der Waals surface area contributed by atoms with E-state index in [4.69, 9.17) is 9.47 Å². The molecule has 0 bridgehead atoms. The summed E-state index contributed by atoms with van der Waals surface area (Å²) >= 11 is 0. The molecule has 3 heterocycles. The molecule has 1 aromatic heterocycles. The van der Waals surface area contributed by atoms with E-state index in [1.807, 2.05) is 23.2 Å². The van der Waals surface area contributed by atoms with E-state index in [0.717, 1.165) is 5.56 Å². The van der Waals surface area contributed by atoms with Gasteiger partial charge in [0, 0.05) is 49.2 Å². The van der Waals surface area contributed by atoms with E-state index >= 15 is 0 Å². The quantitative estimate of drug-likeness (QED) is 0.631. The molecule has 4 rings (SSSR count). The normalized spacial score (nSPS) is 21.2. The summed E-state index contributed by atoms with van der Waals surface area (Å²) in [5.74, 6) is 1.07. The molecular weight excluding hydrogens is 410 g/mol. The van der Waals surface area contributed by atoms with Crippen LogP contribution in [0.5, 0.6) is 11.5 Å². The van der Waals surface area contributed by atoms with E-state index in [2.05, 4.69) is 21.2 Å². The number of likely N-dealkylation sites (tertiary alicyclic amines) is 1. The number of hydrogen-bond acceptors (Lipinski definition) is 7. The second-order valence-corrected chi connectivity index (χ2v) is 8.07. The predicted molar refractivity (Wildman–Crippen MR) is 119 cm³/mol. The van der Waals surface area contributed by atoms with Crippen LogP contribution < -0.4 is 25.6 Å². The van der Waals surface area contributed by atoms with Crippen LogP contribution in [0.15, 0.2) is 42.7 Å². The van der Waals surface area contributed by atoms with E-state index in [1.165, 1.54) is 0 Å². The fourth-order valence-corrected chi connectivity index (χ4v) is 4.26. The van der Waals surface area contributed by atoms with Crippen LogP contribution in [0, 0.1) is 5.92 Å². The average Bonchev–Trinajstić information content (AvgIpc) is 3.34. The maximum atomic E-state index is 13.0. The van der Waals surface area contributed by atoms with Gasteiger partial charge < -0.3 is 19.7 Å². The van der Waals surface area contributed by atoms with Crippen molar-refractivity contribution < 1.29 is 19.1 Å². The Hall–Kier alpha value is -3.17. The number of nitrogens with zero attached hydrogens (tertiary/aromatic N) is 2. The summed E-state index contributed by atoms with van der Waals surface area (Å²) in [5.41, 5.74) is 8.03. The third kappa shape index (κ3) is 4.84. The smallest absolute Gasteiger partial charge is 0.241 e. The number of carbonyl (C=O) groups excluding carboxylic acids is 2. The molecular formula is C23H29N5O4. The number of hydrogen-bond donors (Lipinski definition) is 3. The number of rotatable bonds is 6. The highest BCUT2D eigenvalue weighted by Crippen LogP contribution is 2.30. The molecule has 2 fully saturated rings. The van der Waals surface area contributed by atoms with Crippen molar-refractivity contribution in [1.29, 1.82) is 0 Å². The van der Waals surface area contributed by atoms with Gasteiger partial charge in [-0.15, -0.1) is 0 Å². The van der Waals surface area contributed by atoms with Crippen molar-refractivity contribution in [3.05, 3.63) is 48.3 Å². The van der Waals surface area contributed by atoms with E-state index in [1.54, 1.807) is 38.6 Å². The first-order chi connectivity index (χ1) is 15.6. The van der Waals surface area contributed by atoms with Gasteiger partial charge in [0.05, 0.1) is 14.2 Å². The Morgan fingerprint density at radius 3 is 2.56 bits per heavy atom. The number of pyridine rings is 1. The molecule has 0 radical (unpaired) electrons. The summed E-state index contributed by atoms with van der Waals surface area (Å²) in [6.07, 6.45) is 5.49. The van der Waals surface area contributed by atoms with Crippen LogP contribution in [0.3, 0.4) is 0 Å². The molecule has 170 valence electrons. The molecule has 2 aromatic rings. The lowest BCUT2D eigenvalue weighted by Crippen LogP contribution is -2.49. The topological polar surface area (TPSA) is 105 Å². The number of carbonyl (C=O) groups is 2. The number of aromatic nitrogens is 1. The zero-order chi connectivity index (χ0) is 22.5. The lowest BCUT2D eigenvalue weighted by Gasteiger charge is -2.32. The molecule has 0 aliphatic carbocycles. The monoisotopic (exact) mass is 439 g/mol. The van der Waals surface area contributed by atoms with Crippen molar-refractivity contribution in [2.24, 2.45) is 5.92 Å². The van der Waals surface area contributed by atoms with E-state index in [0.29, 0.717) is 49.5 Å². The first kappa shape index (κ1) is 22.0. The second kappa shape index (κ2) is 9.97. The van der Waals surface area contributed by atoms with Gasteiger partial charge in [-0.2, -0.15) is 0 Å². The molecule has 0 saturated carbocycles. The minimum atomic E-state index is -0.280. The maximum absolute atomic E-state index is 13.0. The van der Waals surface area contributed by atoms with Crippen molar-refractivity contribution in [2.75, 3.05) is 32.6 Å². The number of amides is 2. The zero-order valence-corrected chi connectivity index (χ0v) is 18.3. The molecule has 9 nitrogen and oxygen atoms in total. The molecule has 9 heteroatoms. The Bertz CT molecular complexity index is 947. The predicted octanol–water partition coefficient (Wildman–Crippen LogP) is 1.88. The highest BCUT2D eigenvalue weighted by atomic mass is 16.5. The van der Waals surface area contributed by atoms with Gasteiger partial charge in [0.15, 0.2) is 11.5 Å². The van der Waals surface area contributed by atoms with E-state index in [9.17, 15) is 9.59 Å². The van der Waals surface area contributed by atoms with Crippen molar-refractivity contribution in [2.45, 2.75) is 31.3 Å². The number of anilines is 1. The highest BCUT2D eigenvalue weighted by molar-refractivity contribution is 5.93. The van der Waals surface area contributed by atoms with E-state index in [-0.39, 0.29) is 29.8 Å². The molecule has 32 heavy (non-hydrogen) atoms. The molecule has 2 aliphatic rings. The average molecular weight is 440 g/mol. The lowest BCUT2D eigenvalue weighted by atomic mass is 9.94. The SMILES string of the molecule is COc1ccc(NC(=O)C2CCN(C(=O)C3CC(c4cccnc4)NN3)CC2)cc1OC. The van der Waals surface area contributed by atoms with Gasteiger partial charge in [-0.3, -0.25) is 14.6 Å². The van der Waals surface area contributed by atoms with Gasteiger partial charge in [-0.1, -0.05) is 6.07 Å². The minimum absolute atomic E-state index is 0.0402. The lowest BCUT2D eigenvalue weighted by molar-refractivity contribution is -0.136. The fourth-order valence-electron chi connectivity index (χ4n) is 4.26. The standard InChI is InChI=1S/C23H29N5O4/c1-31-20-6-5-17(12-21(20)32-2)25-22(29)15-7-10-28(11-8-15)23(30)19-13-18(26-27-19)16-4-3-9-24-14-16/h3-6,9,12,14-15,18-19,26-27H,7-8,10-11,13H2,1-2H3,(H,25,29). The molecule has 3 N–H and O–H groups in total. The largest absolute Gasteiger partial charge is 0.493 e. The number of benzene rings is 1. The van der Waals surface area contributed by atoms with Gasteiger partial charge in [0.25, 0.3) is 0 Å². The van der Waals surface area contributed by atoms with Gasteiger partial charge in [-0.25, -0.2) is 10.9 Å². The number of piperidine rings is 1. The third-order valence-corrected chi connectivity index (χ3v) is 6.12. The molecule has 0 spiro atoms. The number of ether oxygens (including phenoxy) is 2. The van der Waals surface area contributed by atoms with Crippen LogP contribution in [-0.4, -0.2) is 55.0 Å². The Morgan fingerprint density at radius 1 is 1.09 bits per heavy atom. The van der Waals surface area contributed by atoms with Crippen molar-refractivity contribution >= 4 is 17.5 Å². The highest BCUT2D eigenvalue weighted by Gasteiger charge is 2.35. The Kier molecular flexibility index (Phi) is 6.87. The second-order valence-electron chi connectivity index (χ2n) is 8.07. The number of hydrazine groups is 1. The molecule has 2 amide bonds. The van der Waals surface area contributed by atoms with Crippen LogP contribution in [0.1, 0.15) is 30.9 Å². The molecule has 1 aromatic carbocycles. The summed E-state index contributed by atoms with van der Waals surface area (Å²) in [6.45, 7) is 1.14. The molecule has 2 atom stereocenters. The maximum Gasteiger partial charge on any atom is 0.241 e. The molecule has 2 saturated heterocycles. The molecule has 2 aliphatic heterocycles. The summed E-state index contributed by atoms with van der Waals surface area (Å²) in [7, 11) is 3.13. The van der Waals surface area contributed by atoms with Crippen molar-refractivity contribution in [1.82, 2.24) is 20.7 Å². The number of methoxy groups -OCH3 is 2. The minimum Gasteiger partial charge on any atom is -0.493 e. The number of nitrogens with one attached hydrogen (secondary N) is 3. The first-order valence-electron chi connectivity index (χ1n) is 10.8. The summed E-state index contributed by atoms with van der Waals surface area (Å²) < 4.78 is 10.5. The van der Waals surface area contributed by atoms with Gasteiger partial charge in [0.1, 0.15) is 6.04 Å². The van der Waals surface area contributed by atoms with Crippen LogP contribution >= 0.6 is 0 Å². The van der Waals surface area contributed by atoms with Crippen molar-refractivity contribution in [3.8, 4) is 11.5 Å². The van der Waals surface area contributed by atoms with Gasteiger partial charge >= 0.3 is 0 Å². The van der Waals surface area contributed by atoms with Crippen LogP contribution in [0.2, 0.25) is 0 Å². The zero-order valence-electron chi connectivity index (χ0n) is 18.3. The van der Waals surface area contributed by atoms with Gasteiger partial charge in [0.2, 0.25) is 11.8 Å². The van der Waals surface area contributed by atoms with Crippen LogP contribution in [0.4, 0.5) is 5.69 Å². The fraction of sp³-hybridized carbons (Fsp3) is 0.435. The summed E-state index contributed by atoms with van der Waals surface area (Å²) in [4.78, 5) is 31.7. The van der Waals surface area contributed by atoms with Crippen LogP contribution in [0.25, 0.3) is 0 Å². The van der Waals surface area contributed by atoms with Gasteiger partial charge in [-0.05, 0) is 43.0 Å². The van der Waals surface area contributed by atoms with E-state index < -0.39 is 0 Å². The Morgan fingerprint density at radius 2 is 1.88 bits per heavy atom. The molecule has 2 unspecified atom stereocenters. The Labute approximate surface area is 187 Å². The Balaban J connectivity index is 1.27. The first-order valence-corrected chi connectivity index (χ1v) is 10.8. The van der Waals surface area contributed by atoms with Crippen molar-refractivity contribution in [3.63, 3.8) is 0 Å². The summed E-state index contributed by atoms with van der Waals surface area (Å²) in [6, 6.07) is 8.96. The van der Waals surface area contributed by atoms with Crippen LogP contribution in [-0.2, 0) is 9.59 Å².